The lowest BCUT2D eigenvalue weighted by Crippen LogP contribution is -2.39. The van der Waals surface area contributed by atoms with Gasteiger partial charge in [0, 0.05) is 17.5 Å². The number of hydrogen-bond acceptors (Lipinski definition) is 8. The van der Waals surface area contributed by atoms with Crippen molar-refractivity contribution in [3.05, 3.63) is 53.5 Å². The fraction of sp³-hybridized carbons (Fsp3) is 0.273. The van der Waals surface area contributed by atoms with Crippen molar-refractivity contribution in [3.8, 4) is 5.88 Å². The molecule has 1 fully saturated rings. The predicted molar refractivity (Wildman–Crippen MR) is 114 cm³/mol. The zero-order chi connectivity index (χ0) is 22.7. The van der Waals surface area contributed by atoms with E-state index in [0.717, 1.165) is 27.7 Å². The van der Waals surface area contributed by atoms with Crippen molar-refractivity contribution in [1.29, 1.82) is 0 Å². The maximum absolute atomic E-state index is 12.2. The summed E-state index contributed by atoms with van der Waals surface area (Å²) in [5.74, 6) is -0.345. The average Bonchev–Trinajstić information content (AvgIpc) is 2.78. The fourth-order valence-electron chi connectivity index (χ4n) is 3.53. The number of nitrogens with one attached hydrogen (secondary N) is 2. The van der Waals surface area contributed by atoms with Crippen LogP contribution in [0.3, 0.4) is 0 Å². The van der Waals surface area contributed by atoms with Crippen molar-refractivity contribution in [2.75, 3.05) is 12.4 Å². The van der Waals surface area contributed by atoms with Crippen LogP contribution in [0, 0.1) is 6.92 Å². The number of benzene rings is 1. The molecule has 4 rings (SSSR count). The Morgan fingerprint density at radius 3 is 2.78 bits per heavy atom. The number of methoxy groups -OCH3 is 1. The lowest BCUT2D eigenvalue weighted by Gasteiger charge is -2.22. The van der Waals surface area contributed by atoms with Crippen molar-refractivity contribution < 1.29 is 23.9 Å². The van der Waals surface area contributed by atoms with E-state index in [2.05, 4.69) is 25.6 Å². The summed E-state index contributed by atoms with van der Waals surface area (Å²) < 4.78 is 10.2. The SMILES string of the molecule is COc1cnc(NC(=O)OCc2ccc3cc(C4CCC(=O)NC4=O)c(C)nc3c2)cn1. The van der Waals surface area contributed by atoms with Gasteiger partial charge in [-0.3, -0.25) is 25.2 Å². The molecule has 1 atom stereocenters. The molecule has 1 saturated heterocycles. The van der Waals surface area contributed by atoms with Gasteiger partial charge in [-0.05, 0) is 36.6 Å². The summed E-state index contributed by atoms with van der Waals surface area (Å²) in [4.78, 5) is 48.3. The molecule has 2 aromatic heterocycles. The summed E-state index contributed by atoms with van der Waals surface area (Å²) in [7, 11) is 1.47. The zero-order valence-corrected chi connectivity index (χ0v) is 17.5. The first-order valence-electron chi connectivity index (χ1n) is 9.96. The first kappa shape index (κ1) is 21.2. The maximum atomic E-state index is 12.2. The van der Waals surface area contributed by atoms with Crippen LogP contribution in [-0.2, 0) is 20.9 Å². The predicted octanol–water partition coefficient (Wildman–Crippen LogP) is 2.61. The number of imide groups is 1. The summed E-state index contributed by atoms with van der Waals surface area (Å²) in [6, 6.07) is 7.45. The molecule has 10 nitrogen and oxygen atoms in total. The molecule has 1 aromatic carbocycles. The number of carbonyl (C=O) groups excluding carboxylic acids is 3. The van der Waals surface area contributed by atoms with E-state index in [1.807, 2.05) is 31.2 Å². The van der Waals surface area contributed by atoms with Crippen molar-refractivity contribution in [1.82, 2.24) is 20.3 Å². The molecule has 10 heteroatoms. The molecule has 0 spiro atoms. The Balaban J connectivity index is 1.43. The minimum absolute atomic E-state index is 0.0426. The van der Waals surface area contributed by atoms with E-state index >= 15 is 0 Å². The van der Waals surface area contributed by atoms with E-state index in [4.69, 9.17) is 9.47 Å². The summed E-state index contributed by atoms with van der Waals surface area (Å²) in [6.07, 6.45) is 2.87. The molecule has 0 radical (unpaired) electrons. The summed E-state index contributed by atoms with van der Waals surface area (Å²) in [6.45, 7) is 1.88. The van der Waals surface area contributed by atoms with Crippen LogP contribution in [0.1, 0.15) is 35.6 Å². The molecular weight excluding hydrogens is 414 g/mol. The Bertz CT molecular complexity index is 1200. The summed E-state index contributed by atoms with van der Waals surface area (Å²) >= 11 is 0. The van der Waals surface area contributed by atoms with E-state index < -0.39 is 12.0 Å². The molecule has 0 bridgehead atoms. The van der Waals surface area contributed by atoms with Crippen molar-refractivity contribution in [2.24, 2.45) is 0 Å². The number of carbonyl (C=O) groups is 3. The molecule has 3 aromatic rings. The molecule has 1 unspecified atom stereocenters. The molecule has 1 aliphatic rings. The fourth-order valence-corrected chi connectivity index (χ4v) is 3.53. The third-order valence-electron chi connectivity index (χ3n) is 5.16. The van der Waals surface area contributed by atoms with Gasteiger partial charge < -0.3 is 9.47 Å². The Morgan fingerprint density at radius 2 is 2.06 bits per heavy atom. The number of ether oxygens (including phenoxy) is 2. The molecule has 2 N–H and O–H groups in total. The number of rotatable bonds is 5. The molecule has 3 amide bonds. The Morgan fingerprint density at radius 1 is 1.22 bits per heavy atom. The molecule has 3 heterocycles. The van der Waals surface area contributed by atoms with Crippen LogP contribution in [0.4, 0.5) is 10.6 Å². The second-order valence-electron chi connectivity index (χ2n) is 7.34. The van der Waals surface area contributed by atoms with Gasteiger partial charge in [-0.15, -0.1) is 0 Å². The normalized spacial score (nSPS) is 15.9. The second-order valence-corrected chi connectivity index (χ2v) is 7.34. The van der Waals surface area contributed by atoms with E-state index in [1.165, 1.54) is 19.5 Å². The molecule has 0 saturated carbocycles. The van der Waals surface area contributed by atoms with Gasteiger partial charge in [-0.25, -0.2) is 14.8 Å². The van der Waals surface area contributed by atoms with E-state index in [9.17, 15) is 14.4 Å². The number of hydrogen-bond donors (Lipinski definition) is 2. The minimum Gasteiger partial charge on any atom is -0.480 e. The van der Waals surface area contributed by atoms with Crippen LogP contribution in [0.25, 0.3) is 10.9 Å². The third kappa shape index (κ3) is 4.64. The molecular formula is C22H21N5O5. The number of fused-ring (bicyclic) bond motifs is 1. The summed E-state index contributed by atoms with van der Waals surface area (Å²) in [5.41, 5.74) is 3.02. The van der Waals surface area contributed by atoms with Crippen LogP contribution in [0.15, 0.2) is 36.7 Å². The maximum Gasteiger partial charge on any atom is 0.413 e. The first-order chi connectivity index (χ1) is 15.4. The van der Waals surface area contributed by atoms with Crippen LogP contribution in [0.5, 0.6) is 5.88 Å². The Labute approximate surface area is 183 Å². The van der Waals surface area contributed by atoms with Crippen LogP contribution >= 0.6 is 0 Å². The quantitative estimate of drug-likeness (QED) is 0.585. The van der Waals surface area contributed by atoms with Gasteiger partial charge in [0.1, 0.15) is 6.61 Å². The zero-order valence-electron chi connectivity index (χ0n) is 17.5. The molecule has 1 aliphatic heterocycles. The largest absolute Gasteiger partial charge is 0.480 e. The lowest BCUT2D eigenvalue weighted by atomic mass is 9.89. The van der Waals surface area contributed by atoms with Gasteiger partial charge in [-0.2, -0.15) is 0 Å². The Kier molecular flexibility index (Phi) is 5.93. The highest BCUT2D eigenvalue weighted by atomic mass is 16.5. The number of aromatic nitrogens is 3. The van der Waals surface area contributed by atoms with Gasteiger partial charge in [0.15, 0.2) is 5.82 Å². The monoisotopic (exact) mass is 435 g/mol. The highest BCUT2D eigenvalue weighted by Crippen LogP contribution is 2.29. The van der Waals surface area contributed by atoms with Gasteiger partial charge in [0.25, 0.3) is 0 Å². The third-order valence-corrected chi connectivity index (χ3v) is 5.16. The van der Waals surface area contributed by atoms with Crippen molar-refractivity contribution in [3.63, 3.8) is 0 Å². The highest BCUT2D eigenvalue weighted by molar-refractivity contribution is 6.01. The topological polar surface area (TPSA) is 132 Å². The van der Waals surface area contributed by atoms with Gasteiger partial charge in [0.05, 0.1) is 30.9 Å². The number of pyridine rings is 1. The minimum atomic E-state index is -0.665. The standard InChI is InChI=1S/C22H21N5O5/c1-12-16(15-5-6-19(28)27-21(15)29)8-14-4-3-13(7-17(14)25-12)11-32-22(30)26-18-9-24-20(31-2)10-23-18/h3-4,7-10,15H,5-6,11H2,1-2H3,(H,23,26,30)(H,27,28,29). The molecule has 32 heavy (non-hydrogen) atoms. The lowest BCUT2D eigenvalue weighted by molar-refractivity contribution is -0.134. The van der Waals surface area contributed by atoms with Crippen molar-refractivity contribution >= 4 is 34.6 Å². The van der Waals surface area contributed by atoms with E-state index in [0.29, 0.717) is 18.7 Å². The van der Waals surface area contributed by atoms with Gasteiger partial charge in [0.2, 0.25) is 17.7 Å². The number of piperidine rings is 1. The average molecular weight is 435 g/mol. The van der Waals surface area contributed by atoms with Crippen LogP contribution in [0.2, 0.25) is 0 Å². The number of nitrogens with zero attached hydrogens (tertiary/aromatic N) is 3. The smallest absolute Gasteiger partial charge is 0.413 e. The van der Waals surface area contributed by atoms with Crippen LogP contribution < -0.4 is 15.4 Å². The van der Waals surface area contributed by atoms with E-state index in [-0.39, 0.29) is 24.2 Å². The number of aryl methyl sites for hydroxylation is 1. The second kappa shape index (κ2) is 8.96. The van der Waals surface area contributed by atoms with E-state index in [1.54, 1.807) is 0 Å². The van der Waals surface area contributed by atoms with Gasteiger partial charge >= 0.3 is 6.09 Å². The first-order valence-corrected chi connectivity index (χ1v) is 9.96. The Hall–Kier alpha value is -4.08. The summed E-state index contributed by atoms with van der Waals surface area (Å²) in [5, 5.41) is 5.74. The van der Waals surface area contributed by atoms with Crippen molar-refractivity contribution in [2.45, 2.75) is 32.3 Å². The molecule has 164 valence electrons. The van der Waals surface area contributed by atoms with Crippen LogP contribution in [-0.4, -0.2) is 40.0 Å². The number of anilines is 1. The van der Waals surface area contributed by atoms with Gasteiger partial charge in [-0.1, -0.05) is 12.1 Å². The molecule has 0 aliphatic carbocycles. The highest BCUT2D eigenvalue weighted by Gasteiger charge is 2.29. The number of amides is 3.